The zero-order valence-corrected chi connectivity index (χ0v) is 11.5. The lowest BCUT2D eigenvalue weighted by Crippen LogP contribution is -1.96. The molecular formula is C15H13NO5. The first-order valence-electron chi connectivity index (χ1n) is 6.12. The van der Waals surface area contributed by atoms with Gasteiger partial charge in [0.1, 0.15) is 11.5 Å². The lowest BCUT2D eigenvalue weighted by molar-refractivity contribution is -0.385. The van der Waals surface area contributed by atoms with Gasteiger partial charge in [0.25, 0.3) is 0 Å². The first-order valence-corrected chi connectivity index (χ1v) is 6.12. The van der Waals surface area contributed by atoms with E-state index in [1.54, 1.807) is 24.3 Å². The van der Waals surface area contributed by atoms with Crippen molar-refractivity contribution in [2.24, 2.45) is 0 Å². The van der Waals surface area contributed by atoms with Crippen LogP contribution >= 0.6 is 0 Å². The molecule has 2 aromatic carbocycles. The maximum absolute atomic E-state index is 11.3. The van der Waals surface area contributed by atoms with E-state index in [0.29, 0.717) is 17.1 Å². The van der Waals surface area contributed by atoms with Crippen LogP contribution in [0.5, 0.6) is 17.2 Å². The Morgan fingerprint density at radius 3 is 2.52 bits per heavy atom. The summed E-state index contributed by atoms with van der Waals surface area (Å²) in [5, 5.41) is 11.1. The van der Waals surface area contributed by atoms with Gasteiger partial charge in [-0.25, -0.2) is 0 Å². The number of carbonyl (C=O) groups is 1. The molecule has 0 saturated carbocycles. The van der Waals surface area contributed by atoms with Gasteiger partial charge in [-0.1, -0.05) is 12.1 Å². The number of nitro benzene ring substituents is 1. The number of hydrogen-bond acceptors (Lipinski definition) is 5. The quantitative estimate of drug-likeness (QED) is 0.477. The minimum absolute atomic E-state index is 0.0847. The summed E-state index contributed by atoms with van der Waals surface area (Å²) in [5.74, 6) is 0.702. The van der Waals surface area contributed by atoms with Crippen molar-refractivity contribution in [1.82, 2.24) is 0 Å². The molecule has 0 spiro atoms. The molecule has 0 atom stereocenters. The third-order valence-electron chi connectivity index (χ3n) is 2.83. The van der Waals surface area contributed by atoms with Crippen LogP contribution in [-0.2, 0) is 0 Å². The predicted molar refractivity (Wildman–Crippen MR) is 76.2 cm³/mol. The fourth-order valence-corrected chi connectivity index (χ4v) is 1.76. The van der Waals surface area contributed by atoms with Crippen molar-refractivity contribution in [2.75, 3.05) is 7.11 Å². The summed E-state index contributed by atoms with van der Waals surface area (Å²) in [7, 11) is 1.43. The molecule has 0 aliphatic heterocycles. The van der Waals surface area contributed by atoms with Crippen LogP contribution in [0.15, 0.2) is 42.5 Å². The number of rotatable bonds is 5. The Bertz CT molecular complexity index is 696. The summed E-state index contributed by atoms with van der Waals surface area (Å²) in [4.78, 5) is 21.9. The lowest BCUT2D eigenvalue weighted by Gasteiger charge is -2.08. The van der Waals surface area contributed by atoms with Gasteiger partial charge in [0, 0.05) is 5.56 Å². The zero-order valence-electron chi connectivity index (χ0n) is 11.5. The highest BCUT2D eigenvalue weighted by molar-refractivity contribution is 5.94. The van der Waals surface area contributed by atoms with Crippen molar-refractivity contribution in [3.05, 3.63) is 58.1 Å². The number of hydrogen-bond donors (Lipinski definition) is 0. The Hall–Kier alpha value is -2.89. The molecule has 0 unspecified atom stereocenters. The van der Waals surface area contributed by atoms with Crippen molar-refractivity contribution in [3.8, 4) is 17.2 Å². The van der Waals surface area contributed by atoms with Crippen LogP contribution < -0.4 is 9.47 Å². The number of benzene rings is 2. The average Bonchev–Trinajstić information content (AvgIpc) is 2.47. The van der Waals surface area contributed by atoms with Gasteiger partial charge in [0.15, 0.2) is 5.78 Å². The third-order valence-corrected chi connectivity index (χ3v) is 2.83. The molecule has 0 fully saturated rings. The predicted octanol–water partition coefficient (Wildman–Crippen LogP) is 3.60. The van der Waals surface area contributed by atoms with Gasteiger partial charge in [-0.3, -0.25) is 14.9 Å². The molecule has 6 nitrogen and oxygen atoms in total. The molecule has 6 heteroatoms. The first-order chi connectivity index (χ1) is 10.0. The maximum Gasteiger partial charge on any atom is 0.315 e. The number of nitrogens with zero attached hydrogens (tertiary/aromatic N) is 1. The van der Waals surface area contributed by atoms with Gasteiger partial charge in [-0.05, 0) is 31.2 Å². The Balaban J connectivity index is 2.37. The maximum atomic E-state index is 11.3. The molecule has 0 bridgehead atoms. The van der Waals surface area contributed by atoms with Crippen LogP contribution in [0, 0.1) is 10.1 Å². The first kappa shape index (κ1) is 14.5. The number of carbonyl (C=O) groups excluding carboxylic acids is 1. The molecular weight excluding hydrogens is 274 g/mol. The van der Waals surface area contributed by atoms with Gasteiger partial charge in [0.2, 0.25) is 5.75 Å². The molecule has 0 heterocycles. The van der Waals surface area contributed by atoms with Crippen LogP contribution in [0.3, 0.4) is 0 Å². The van der Waals surface area contributed by atoms with Gasteiger partial charge in [0.05, 0.1) is 18.1 Å². The number of ketones is 1. The van der Waals surface area contributed by atoms with E-state index >= 15 is 0 Å². The molecule has 0 amide bonds. The standard InChI is InChI=1S/C15H13NO5/c1-10(17)11-4-3-5-13(8-11)21-15-7-6-12(20-2)9-14(15)16(18)19/h3-9H,1-2H3. The summed E-state index contributed by atoms with van der Waals surface area (Å²) in [6.45, 7) is 1.44. The zero-order chi connectivity index (χ0) is 15.4. The number of Topliss-reactive ketones (excluding diaryl/α,β-unsaturated/α-hetero) is 1. The summed E-state index contributed by atoms with van der Waals surface area (Å²) in [5.41, 5.74) is 0.270. The van der Waals surface area contributed by atoms with E-state index in [0.717, 1.165) is 0 Å². The van der Waals surface area contributed by atoms with Crippen molar-refractivity contribution in [3.63, 3.8) is 0 Å². The number of nitro groups is 1. The summed E-state index contributed by atoms with van der Waals surface area (Å²) in [6, 6.07) is 10.8. The average molecular weight is 287 g/mol. The molecule has 0 saturated heterocycles. The van der Waals surface area contributed by atoms with Crippen molar-refractivity contribution >= 4 is 11.5 Å². The summed E-state index contributed by atoms with van der Waals surface area (Å²) < 4.78 is 10.5. The second-order valence-corrected chi connectivity index (χ2v) is 4.28. The molecule has 0 N–H and O–H groups in total. The second kappa shape index (κ2) is 6.04. The minimum Gasteiger partial charge on any atom is -0.496 e. The summed E-state index contributed by atoms with van der Waals surface area (Å²) in [6.07, 6.45) is 0. The van der Waals surface area contributed by atoms with Gasteiger partial charge < -0.3 is 9.47 Å². The smallest absolute Gasteiger partial charge is 0.315 e. The Kier molecular flexibility index (Phi) is 4.18. The van der Waals surface area contributed by atoms with E-state index in [-0.39, 0.29) is 17.2 Å². The van der Waals surface area contributed by atoms with E-state index in [1.165, 1.54) is 32.2 Å². The van der Waals surface area contributed by atoms with Crippen LogP contribution in [0.4, 0.5) is 5.69 Å². The molecule has 0 aliphatic carbocycles. The van der Waals surface area contributed by atoms with Crippen molar-refractivity contribution in [1.29, 1.82) is 0 Å². The van der Waals surface area contributed by atoms with Crippen molar-refractivity contribution < 1.29 is 19.2 Å². The van der Waals surface area contributed by atoms with E-state index in [2.05, 4.69) is 0 Å². The fourth-order valence-electron chi connectivity index (χ4n) is 1.76. The molecule has 0 aliphatic rings. The van der Waals surface area contributed by atoms with Crippen molar-refractivity contribution in [2.45, 2.75) is 6.92 Å². The third kappa shape index (κ3) is 3.36. The van der Waals surface area contributed by atoms with E-state index in [1.807, 2.05) is 0 Å². The molecule has 108 valence electrons. The highest BCUT2D eigenvalue weighted by Crippen LogP contribution is 2.34. The Morgan fingerprint density at radius 1 is 1.14 bits per heavy atom. The largest absolute Gasteiger partial charge is 0.496 e. The van der Waals surface area contributed by atoms with Crippen LogP contribution in [0.2, 0.25) is 0 Å². The van der Waals surface area contributed by atoms with Crippen LogP contribution in [0.1, 0.15) is 17.3 Å². The fraction of sp³-hybridized carbons (Fsp3) is 0.133. The van der Waals surface area contributed by atoms with Crippen LogP contribution in [0.25, 0.3) is 0 Å². The Labute approximate surface area is 121 Å². The normalized spacial score (nSPS) is 10.0. The van der Waals surface area contributed by atoms with Gasteiger partial charge in [-0.2, -0.15) is 0 Å². The second-order valence-electron chi connectivity index (χ2n) is 4.28. The highest BCUT2D eigenvalue weighted by atomic mass is 16.6. The number of methoxy groups -OCH3 is 1. The molecule has 2 aromatic rings. The van der Waals surface area contributed by atoms with Crippen LogP contribution in [-0.4, -0.2) is 17.8 Å². The Morgan fingerprint density at radius 2 is 1.90 bits per heavy atom. The molecule has 21 heavy (non-hydrogen) atoms. The van der Waals surface area contributed by atoms with E-state index < -0.39 is 4.92 Å². The topological polar surface area (TPSA) is 78.7 Å². The summed E-state index contributed by atoms with van der Waals surface area (Å²) >= 11 is 0. The monoisotopic (exact) mass is 287 g/mol. The molecule has 2 rings (SSSR count). The minimum atomic E-state index is -0.549. The van der Waals surface area contributed by atoms with Gasteiger partial charge >= 0.3 is 5.69 Å². The molecule has 0 radical (unpaired) electrons. The SMILES string of the molecule is COc1ccc(Oc2cccc(C(C)=O)c2)c([N+](=O)[O-])c1. The van der Waals surface area contributed by atoms with E-state index in [9.17, 15) is 14.9 Å². The van der Waals surface area contributed by atoms with E-state index in [4.69, 9.17) is 9.47 Å². The van der Waals surface area contributed by atoms with Gasteiger partial charge in [-0.15, -0.1) is 0 Å². The lowest BCUT2D eigenvalue weighted by atomic mass is 10.1. The molecule has 0 aromatic heterocycles. The highest BCUT2D eigenvalue weighted by Gasteiger charge is 2.17. The number of ether oxygens (including phenoxy) is 2.